The van der Waals surface area contributed by atoms with Gasteiger partial charge in [-0.25, -0.2) is 0 Å². The highest BCUT2D eigenvalue weighted by molar-refractivity contribution is 5.70. The van der Waals surface area contributed by atoms with E-state index in [1.54, 1.807) is 0 Å². The summed E-state index contributed by atoms with van der Waals surface area (Å²) < 4.78 is 22.7. The second-order valence-electron chi connectivity index (χ2n) is 25.2. The largest absolute Gasteiger partial charge is 0.545 e. The monoisotopic (exact) mass is 1120 g/mol. The molecule has 0 rings (SSSR count). The Morgan fingerprint density at radius 3 is 0.937 bits per heavy atom. The third-order valence-electron chi connectivity index (χ3n) is 16.0. The Morgan fingerprint density at radius 2 is 0.646 bits per heavy atom. The van der Waals surface area contributed by atoms with Crippen molar-refractivity contribution in [3.8, 4) is 0 Å². The number of carbonyl (C=O) groups is 3. The van der Waals surface area contributed by atoms with Gasteiger partial charge in [0.25, 0.3) is 0 Å². The van der Waals surface area contributed by atoms with Crippen molar-refractivity contribution in [2.24, 2.45) is 0 Å². The molecule has 9 nitrogen and oxygen atoms in total. The Kier molecular flexibility index (Phi) is 60.5. The summed E-state index contributed by atoms with van der Waals surface area (Å²) in [6, 6.07) is 0. The first-order chi connectivity index (χ1) is 38.6. The molecule has 2 atom stereocenters. The van der Waals surface area contributed by atoms with Crippen LogP contribution in [0.1, 0.15) is 361 Å². The molecule has 0 radical (unpaired) electrons. The minimum Gasteiger partial charge on any atom is -0.545 e. The van der Waals surface area contributed by atoms with Gasteiger partial charge in [-0.05, 0) is 38.5 Å². The van der Waals surface area contributed by atoms with E-state index in [9.17, 15) is 19.5 Å². The van der Waals surface area contributed by atoms with Crippen LogP contribution in [0.4, 0.5) is 0 Å². The smallest absolute Gasteiger partial charge is 0.306 e. The van der Waals surface area contributed by atoms with Crippen LogP contribution in [0.25, 0.3) is 0 Å². The van der Waals surface area contributed by atoms with Crippen molar-refractivity contribution < 1.29 is 42.9 Å². The molecule has 9 heteroatoms. The van der Waals surface area contributed by atoms with E-state index in [4.69, 9.17) is 18.9 Å². The zero-order valence-electron chi connectivity index (χ0n) is 53.5. The normalized spacial score (nSPS) is 12.7. The lowest BCUT2D eigenvalue weighted by molar-refractivity contribution is -0.870. The number of nitrogens with zero attached hydrogens (tertiary/aromatic N) is 1. The highest BCUT2D eigenvalue weighted by Gasteiger charge is 2.22. The van der Waals surface area contributed by atoms with E-state index in [-0.39, 0.29) is 32.2 Å². The van der Waals surface area contributed by atoms with Gasteiger partial charge < -0.3 is 33.3 Å². The molecular formula is C70H135NO8. The van der Waals surface area contributed by atoms with Crippen molar-refractivity contribution in [1.29, 1.82) is 0 Å². The Hall–Kier alpha value is -1.97. The molecule has 0 heterocycles. The summed E-state index contributed by atoms with van der Waals surface area (Å²) in [5.74, 6) is -2.25. The molecule has 0 amide bonds. The van der Waals surface area contributed by atoms with E-state index in [0.717, 1.165) is 38.5 Å². The Labute approximate surface area is 491 Å². The van der Waals surface area contributed by atoms with Gasteiger partial charge in [0.15, 0.2) is 12.4 Å². The SMILES string of the molecule is CCCCCCCCCC/C=C\CCCCCCCCCCCCCCCCCCCCCCCCCCCCCCCC(=O)OC(COC(=O)CCCCCCCCCCCCCCC)COC(OCC[N+](C)(C)C)C(=O)[O-]. The van der Waals surface area contributed by atoms with Gasteiger partial charge >= 0.3 is 11.9 Å². The van der Waals surface area contributed by atoms with Crippen molar-refractivity contribution in [2.45, 2.75) is 373 Å². The molecule has 0 aromatic carbocycles. The highest BCUT2D eigenvalue weighted by atomic mass is 16.7. The van der Waals surface area contributed by atoms with Crippen molar-refractivity contribution in [1.82, 2.24) is 0 Å². The first-order valence-corrected chi connectivity index (χ1v) is 34.8. The maximum absolute atomic E-state index is 12.9. The van der Waals surface area contributed by atoms with E-state index in [1.165, 1.54) is 295 Å². The maximum Gasteiger partial charge on any atom is 0.306 e. The molecule has 0 fully saturated rings. The number of carboxylic acids is 1. The van der Waals surface area contributed by atoms with Crippen LogP contribution < -0.4 is 5.11 Å². The predicted octanol–water partition coefficient (Wildman–Crippen LogP) is 19.9. The number of likely N-dealkylation sites (N-methyl/N-ethyl adjacent to an activating group) is 1. The first-order valence-electron chi connectivity index (χ1n) is 34.8. The average molecular weight is 1120 g/mol. The van der Waals surface area contributed by atoms with Gasteiger partial charge in [-0.2, -0.15) is 0 Å². The zero-order chi connectivity index (χ0) is 57.6. The number of quaternary nitrogens is 1. The fourth-order valence-electron chi connectivity index (χ4n) is 10.7. The third kappa shape index (κ3) is 63.5. The van der Waals surface area contributed by atoms with Crippen molar-refractivity contribution in [3.63, 3.8) is 0 Å². The lowest BCUT2D eigenvalue weighted by atomic mass is 10.0. The van der Waals surface area contributed by atoms with Gasteiger partial charge in [0.05, 0.1) is 40.3 Å². The molecule has 0 saturated heterocycles. The number of esters is 2. The second-order valence-corrected chi connectivity index (χ2v) is 25.2. The summed E-state index contributed by atoms with van der Waals surface area (Å²) >= 11 is 0. The van der Waals surface area contributed by atoms with Crippen LogP contribution in [0.15, 0.2) is 12.2 Å². The molecule has 0 saturated carbocycles. The minimum atomic E-state index is -1.61. The summed E-state index contributed by atoms with van der Waals surface area (Å²) in [5, 5.41) is 11.8. The van der Waals surface area contributed by atoms with Crippen LogP contribution >= 0.6 is 0 Å². The van der Waals surface area contributed by atoms with Crippen LogP contribution in [-0.2, 0) is 33.3 Å². The number of allylic oxidation sites excluding steroid dienone is 2. The van der Waals surface area contributed by atoms with Crippen LogP contribution in [0.5, 0.6) is 0 Å². The molecule has 0 aliphatic carbocycles. The van der Waals surface area contributed by atoms with Gasteiger partial charge in [0.1, 0.15) is 13.2 Å². The third-order valence-corrected chi connectivity index (χ3v) is 16.0. The lowest BCUT2D eigenvalue weighted by Crippen LogP contribution is -2.44. The molecule has 0 bridgehead atoms. The molecular weight excluding hydrogens is 983 g/mol. The maximum atomic E-state index is 12.9. The fourth-order valence-corrected chi connectivity index (χ4v) is 10.7. The summed E-state index contributed by atoms with van der Waals surface area (Å²) in [7, 11) is 5.94. The molecule has 0 aliphatic heterocycles. The number of ether oxygens (including phenoxy) is 4. The first kappa shape index (κ1) is 77.0. The molecule has 468 valence electrons. The Morgan fingerprint density at radius 1 is 0.367 bits per heavy atom. The summed E-state index contributed by atoms with van der Waals surface area (Å²) in [6.45, 7) is 4.80. The lowest BCUT2D eigenvalue weighted by Gasteiger charge is -2.26. The van der Waals surface area contributed by atoms with E-state index >= 15 is 0 Å². The van der Waals surface area contributed by atoms with Crippen molar-refractivity contribution in [3.05, 3.63) is 12.2 Å². The summed E-state index contributed by atoms with van der Waals surface area (Å²) in [5.41, 5.74) is 0. The Bertz CT molecular complexity index is 1300. The topological polar surface area (TPSA) is 111 Å². The number of carboxylic acid groups (broad SMARTS) is 1. The zero-order valence-corrected chi connectivity index (χ0v) is 53.5. The molecule has 0 N–H and O–H groups in total. The number of rotatable bonds is 66. The highest BCUT2D eigenvalue weighted by Crippen LogP contribution is 2.19. The molecule has 0 aliphatic rings. The van der Waals surface area contributed by atoms with Crippen LogP contribution in [0.2, 0.25) is 0 Å². The molecule has 0 aromatic rings. The number of carbonyl (C=O) groups excluding carboxylic acids is 3. The summed E-state index contributed by atoms with van der Waals surface area (Å²) in [6.07, 6.45) is 71.9. The molecule has 79 heavy (non-hydrogen) atoms. The fraction of sp³-hybridized carbons (Fsp3) is 0.929. The quantitative estimate of drug-likeness (QED) is 0.0195. The van der Waals surface area contributed by atoms with Gasteiger partial charge in [-0.3, -0.25) is 9.59 Å². The molecule has 2 unspecified atom stereocenters. The molecule has 0 aromatic heterocycles. The van der Waals surface area contributed by atoms with Crippen LogP contribution in [-0.4, -0.2) is 82.3 Å². The number of aliphatic carboxylic acids is 1. The van der Waals surface area contributed by atoms with Crippen molar-refractivity contribution >= 4 is 17.9 Å². The minimum absolute atomic E-state index is 0.153. The Balaban J connectivity index is 3.85. The second kappa shape index (κ2) is 62.1. The number of hydrogen-bond donors (Lipinski definition) is 0. The van der Waals surface area contributed by atoms with Gasteiger partial charge in [0, 0.05) is 12.8 Å². The number of hydrogen-bond acceptors (Lipinski definition) is 8. The summed E-state index contributed by atoms with van der Waals surface area (Å²) in [4.78, 5) is 37.3. The standard InChI is InChI=1S/C70H135NO8/c1-6-8-10-12-14-16-18-20-21-22-23-24-25-26-27-28-29-30-31-32-33-34-35-36-37-38-39-40-41-42-43-44-45-46-47-49-51-53-55-57-59-61-68(73)79-66(65-78-70(69(74)75)76-63-62-71(3,4)5)64-77-67(72)60-58-56-54-52-50-48-19-17-15-13-11-9-7-2/h22-23,66,70H,6-21,24-65H2,1-5H3/b23-22-. The van der Waals surface area contributed by atoms with E-state index in [2.05, 4.69) is 26.0 Å². The van der Waals surface area contributed by atoms with Crippen molar-refractivity contribution in [2.75, 3.05) is 47.5 Å². The average Bonchev–Trinajstić information content (AvgIpc) is 3.42. The van der Waals surface area contributed by atoms with E-state index < -0.39 is 24.3 Å². The molecule has 0 spiro atoms. The van der Waals surface area contributed by atoms with Gasteiger partial charge in [0.2, 0.25) is 0 Å². The van der Waals surface area contributed by atoms with Gasteiger partial charge in [-0.15, -0.1) is 0 Å². The number of unbranched alkanes of at least 4 members (excludes halogenated alkanes) is 49. The van der Waals surface area contributed by atoms with E-state index in [0.29, 0.717) is 17.4 Å². The van der Waals surface area contributed by atoms with Gasteiger partial charge in [-0.1, -0.05) is 321 Å². The van der Waals surface area contributed by atoms with E-state index in [1.807, 2.05) is 21.1 Å². The predicted molar refractivity (Wildman–Crippen MR) is 334 cm³/mol. The van der Waals surface area contributed by atoms with Crippen LogP contribution in [0.3, 0.4) is 0 Å². The van der Waals surface area contributed by atoms with Crippen LogP contribution in [0, 0.1) is 0 Å².